The van der Waals surface area contributed by atoms with Gasteiger partial charge in [-0.3, -0.25) is 4.72 Å². The zero-order valence-electron chi connectivity index (χ0n) is 12.9. The molecule has 1 heterocycles. The first-order valence-corrected chi connectivity index (χ1v) is 10.1. The Bertz CT molecular complexity index is 1000. The lowest BCUT2D eigenvalue weighted by atomic mass is 10.2. The molecule has 0 saturated carbocycles. The molecule has 2 aromatic carbocycles. The fraction of sp³-hybridized carbons (Fsp3) is 0.0625. The van der Waals surface area contributed by atoms with Crippen molar-refractivity contribution in [2.75, 3.05) is 11.8 Å². The van der Waals surface area contributed by atoms with Gasteiger partial charge in [0.2, 0.25) is 0 Å². The van der Waals surface area contributed by atoms with E-state index in [9.17, 15) is 8.42 Å². The number of halogens is 2. The molecule has 0 bridgehead atoms. The van der Waals surface area contributed by atoms with Crippen LogP contribution in [0.4, 0.5) is 5.13 Å². The van der Waals surface area contributed by atoms with Crippen LogP contribution in [0.25, 0.3) is 11.3 Å². The van der Waals surface area contributed by atoms with Gasteiger partial charge in [-0.25, -0.2) is 13.4 Å². The molecule has 130 valence electrons. The molecule has 0 aliphatic heterocycles. The van der Waals surface area contributed by atoms with E-state index in [2.05, 4.69) is 9.71 Å². The Kier molecular flexibility index (Phi) is 5.19. The van der Waals surface area contributed by atoms with Crippen LogP contribution >= 0.6 is 34.5 Å². The number of rotatable bonds is 5. The summed E-state index contributed by atoms with van der Waals surface area (Å²) in [4.78, 5) is 4.26. The Morgan fingerprint density at radius 3 is 2.44 bits per heavy atom. The van der Waals surface area contributed by atoms with E-state index in [1.807, 2.05) is 12.1 Å². The summed E-state index contributed by atoms with van der Waals surface area (Å²) in [7, 11) is -2.49. The molecule has 0 atom stereocenters. The van der Waals surface area contributed by atoms with E-state index < -0.39 is 10.0 Å². The molecule has 9 heteroatoms. The molecule has 25 heavy (non-hydrogen) atoms. The Morgan fingerprint density at radius 1 is 1.08 bits per heavy atom. The highest BCUT2D eigenvalue weighted by Crippen LogP contribution is 2.31. The number of thiazole rings is 1. The molecule has 0 amide bonds. The maximum absolute atomic E-state index is 12.6. The normalized spacial score (nSPS) is 11.3. The molecule has 0 aliphatic rings. The van der Waals surface area contributed by atoms with Crippen LogP contribution in [0.5, 0.6) is 5.75 Å². The van der Waals surface area contributed by atoms with Crippen LogP contribution in [-0.2, 0) is 10.0 Å². The zero-order chi connectivity index (χ0) is 18.0. The molecule has 0 fully saturated rings. The van der Waals surface area contributed by atoms with Crippen LogP contribution in [-0.4, -0.2) is 20.5 Å². The minimum absolute atomic E-state index is 0.0502. The minimum Gasteiger partial charge on any atom is -0.495 e. The summed E-state index contributed by atoms with van der Waals surface area (Å²) in [6.07, 6.45) is 0. The summed E-state index contributed by atoms with van der Waals surface area (Å²) in [5.41, 5.74) is 1.49. The van der Waals surface area contributed by atoms with Gasteiger partial charge in [-0.1, -0.05) is 35.3 Å². The van der Waals surface area contributed by atoms with Crippen LogP contribution in [0.15, 0.2) is 52.7 Å². The van der Waals surface area contributed by atoms with E-state index in [1.165, 1.54) is 30.6 Å². The maximum atomic E-state index is 12.6. The summed E-state index contributed by atoms with van der Waals surface area (Å²) in [5, 5.41) is 2.91. The summed E-state index contributed by atoms with van der Waals surface area (Å²) < 4.78 is 32.8. The molecule has 5 nitrogen and oxygen atoms in total. The summed E-state index contributed by atoms with van der Waals surface area (Å²) in [5.74, 6) is 0.200. The van der Waals surface area contributed by atoms with Crippen LogP contribution in [0.1, 0.15) is 0 Å². The molecular formula is C16H12Cl2N2O3S2. The zero-order valence-corrected chi connectivity index (χ0v) is 16.0. The van der Waals surface area contributed by atoms with Crippen molar-refractivity contribution in [3.63, 3.8) is 0 Å². The van der Waals surface area contributed by atoms with Crippen molar-refractivity contribution in [3.8, 4) is 17.0 Å². The number of nitrogens with one attached hydrogen (secondary N) is 1. The van der Waals surface area contributed by atoms with Crippen LogP contribution in [0.3, 0.4) is 0 Å². The number of aromatic nitrogens is 1. The standard InChI is InChI=1S/C16H12Cl2N2O3S2/c1-23-14-7-6-12(18)8-15(14)25(21,22)20-16-19-13(9-24-16)10-2-4-11(17)5-3-10/h2-9H,1H3,(H,19,20). The number of anilines is 1. The number of hydrogen-bond acceptors (Lipinski definition) is 5. The monoisotopic (exact) mass is 414 g/mol. The molecule has 1 N–H and O–H groups in total. The minimum atomic E-state index is -3.89. The van der Waals surface area contributed by atoms with Gasteiger partial charge >= 0.3 is 0 Å². The molecule has 0 unspecified atom stereocenters. The highest BCUT2D eigenvalue weighted by molar-refractivity contribution is 7.93. The quantitative estimate of drug-likeness (QED) is 0.642. The molecule has 0 radical (unpaired) electrons. The number of benzene rings is 2. The fourth-order valence-electron chi connectivity index (χ4n) is 2.10. The van der Waals surface area contributed by atoms with Gasteiger partial charge in [0.05, 0.1) is 12.8 Å². The number of ether oxygens (including phenoxy) is 1. The molecular weight excluding hydrogens is 403 g/mol. The van der Waals surface area contributed by atoms with E-state index in [-0.39, 0.29) is 15.8 Å². The molecule has 0 spiro atoms. The lowest BCUT2D eigenvalue weighted by Crippen LogP contribution is -2.14. The molecule has 3 aromatic rings. The van der Waals surface area contributed by atoms with Gasteiger partial charge in [-0.15, -0.1) is 11.3 Å². The summed E-state index contributed by atoms with van der Waals surface area (Å²) in [6, 6.07) is 11.5. The lowest BCUT2D eigenvalue weighted by molar-refractivity contribution is 0.403. The molecule has 1 aromatic heterocycles. The predicted molar refractivity (Wildman–Crippen MR) is 101 cm³/mol. The Hall–Kier alpha value is -1.80. The fourth-order valence-corrected chi connectivity index (χ4v) is 4.64. The van der Waals surface area contributed by atoms with E-state index in [0.717, 1.165) is 5.56 Å². The third kappa shape index (κ3) is 4.07. The largest absolute Gasteiger partial charge is 0.495 e. The van der Waals surface area contributed by atoms with Gasteiger partial charge < -0.3 is 4.74 Å². The average Bonchev–Trinajstić information content (AvgIpc) is 3.03. The Labute approximate surface area is 159 Å². The summed E-state index contributed by atoms with van der Waals surface area (Å²) >= 11 is 13.0. The van der Waals surface area contributed by atoms with Crippen LogP contribution < -0.4 is 9.46 Å². The second kappa shape index (κ2) is 7.21. The average molecular weight is 415 g/mol. The van der Waals surface area contributed by atoms with Crippen molar-refractivity contribution < 1.29 is 13.2 Å². The van der Waals surface area contributed by atoms with Crippen molar-refractivity contribution in [3.05, 3.63) is 57.9 Å². The molecule has 0 aliphatic carbocycles. The number of methoxy groups -OCH3 is 1. The Morgan fingerprint density at radius 2 is 1.76 bits per heavy atom. The van der Waals surface area contributed by atoms with Gasteiger partial charge in [-0.2, -0.15) is 0 Å². The van der Waals surface area contributed by atoms with Gasteiger partial charge in [-0.05, 0) is 30.3 Å². The van der Waals surface area contributed by atoms with Crippen molar-refractivity contribution in [1.29, 1.82) is 0 Å². The summed E-state index contributed by atoms with van der Waals surface area (Å²) in [6.45, 7) is 0. The van der Waals surface area contributed by atoms with Gasteiger partial charge in [0.15, 0.2) is 5.13 Å². The second-order valence-corrected chi connectivity index (χ2v) is 8.33. The first-order chi connectivity index (χ1) is 11.9. The SMILES string of the molecule is COc1ccc(Cl)cc1S(=O)(=O)Nc1nc(-c2ccc(Cl)cc2)cs1. The van der Waals surface area contributed by atoms with Gasteiger partial charge in [0, 0.05) is 21.0 Å². The van der Waals surface area contributed by atoms with Crippen molar-refractivity contribution in [1.82, 2.24) is 4.98 Å². The van der Waals surface area contributed by atoms with Gasteiger partial charge in [0.25, 0.3) is 10.0 Å². The van der Waals surface area contributed by atoms with E-state index in [4.69, 9.17) is 27.9 Å². The highest BCUT2D eigenvalue weighted by Gasteiger charge is 2.21. The second-order valence-electron chi connectivity index (χ2n) is 4.95. The lowest BCUT2D eigenvalue weighted by Gasteiger charge is -2.10. The first kappa shape index (κ1) is 18.0. The number of nitrogens with zero attached hydrogens (tertiary/aromatic N) is 1. The topological polar surface area (TPSA) is 68.3 Å². The van der Waals surface area contributed by atoms with E-state index in [0.29, 0.717) is 15.7 Å². The van der Waals surface area contributed by atoms with Gasteiger partial charge in [0.1, 0.15) is 10.6 Å². The third-order valence-electron chi connectivity index (χ3n) is 3.28. The highest BCUT2D eigenvalue weighted by atomic mass is 35.5. The first-order valence-electron chi connectivity index (χ1n) is 6.97. The molecule has 0 saturated heterocycles. The van der Waals surface area contributed by atoms with E-state index in [1.54, 1.807) is 23.6 Å². The number of sulfonamides is 1. The number of hydrogen-bond donors (Lipinski definition) is 1. The van der Waals surface area contributed by atoms with Crippen molar-refractivity contribution >= 4 is 49.7 Å². The predicted octanol–water partition coefficient (Wildman–Crippen LogP) is 4.93. The van der Waals surface area contributed by atoms with Crippen molar-refractivity contribution in [2.24, 2.45) is 0 Å². The molecule has 3 rings (SSSR count). The third-order valence-corrected chi connectivity index (χ3v) is 6.02. The van der Waals surface area contributed by atoms with Crippen LogP contribution in [0.2, 0.25) is 10.0 Å². The van der Waals surface area contributed by atoms with Crippen LogP contribution in [0, 0.1) is 0 Å². The maximum Gasteiger partial charge on any atom is 0.267 e. The Balaban J connectivity index is 1.90. The van der Waals surface area contributed by atoms with E-state index >= 15 is 0 Å². The smallest absolute Gasteiger partial charge is 0.267 e. The van der Waals surface area contributed by atoms with Crippen molar-refractivity contribution in [2.45, 2.75) is 4.90 Å².